The minimum Gasteiger partial charge on any atom is -0.748 e. The maximum atomic E-state index is 11.4. The van der Waals surface area contributed by atoms with E-state index in [0.29, 0.717) is 39.6 Å². The summed E-state index contributed by atoms with van der Waals surface area (Å²) in [4.78, 5) is 3.96. The van der Waals surface area contributed by atoms with Crippen LogP contribution in [0, 0.1) is 0 Å². The van der Waals surface area contributed by atoms with Gasteiger partial charge >= 0.3 is 29.6 Å². The van der Waals surface area contributed by atoms with Gasteiger partial charge in [-0.25, -0.2) is 26.0 Å². The molecule has 46 heavy (non-hydrogen) atoms. The fourth-order valence-corrected chi connectivity index (χ4v) is 7.12. The van der Waals surface area contributed by atoms with Crippen LogP contribution in [-0.2, 0) is 33.3 Å². The summed E-state index contributed by atoms with van der Waals surface area (Å²) < 4.78 is 72.4. The van der Waals surface area contributed by atoms with Crippen molar-refractivity contribution in [3.05, 3.63) is 67.7 Å². The van der Waals surface area contributed by atoms with E-state index in [9.17, 15) is 25.9 Å². The Bertz CT molecular complexity index is 1900. The zero-order valence-electron chi connectivity index (χ0n) is 25.9. The van der Waals surface area contributed by atoms with E-state index in [-0.39, 0.29) is 55.5 Å². The number of imidazole rings is 1. The van der Waals surface area contributed by atoms with Crippen LogP contribution in [-0.4, -0.2) is 55.1 Å². The van der Waals surface area contributed by atoms with Gasteiger partial charge in [0.1, 0.15) is 5.82 Å². The number of anilines is 2. The molecule has 1 aliphatic rings. The third-order valence-electron chi connectivity index (χ3n) is 7.53. The van der Waals surface area contributed by atoms with Gasteiger partial charge in [-0.2, -0.15) is 0 Å². The summed E-state index contributed by atoms with van der Waals surface area (Å²) in [6.07, 6.45) is 4.76. The number of allylic oxidation sites excluding steroid dienone is 2. The third-order valence-corrected chi connectivity index (χ3v) is 10.5. The minimum atomic E-state index is -4.41. The van der Waals surface area contributed by atoms with E-state index in [2.05, 4.69) is 0 Å². The molecule has 1 aromatic heterocycles. The second-order valence-corrected chi connectivity index (χ2v) is 15.1. The predicted molar refractivity (Wildman–Crippen MR) is 179 cm³/mol. The summed E-state index contributed by atoms with van der Waals surface area (Å²) in [7, 11) is -8.82. The molecular formula is C29H33Cl4N4NaO6S2. The molecule has 2 heterocycles. The van der Waals surface area contributed by atoms with Gasteiger partial charge < -0.3 is 18.9 Å². The van der Waals surface area contributed by atoms with Crippen molar-refractivity contribution < 1.29 is 60.1 Å². The molecule has 4 rings (SSSR count). The van der Waals surface area contributed by atoms with Crippen molar-refractivity contribution in [3.8, 4) is 0 Å². The van der Waals surface area contributed by atoms with E-state index in [4.69, 9.17) is 46.4 Å². The maximum Gasteiger partial charge on any atom is 1.00 e. The predicted octanol–water partition coefficient (Wildman–Crippen LogP) is 3.42. The Balaban J connectivity index is 0.00000576. The van der Waals surface area contributed by atoms with Crippen LogP contribution in [0.5, 0.6) is 0 Å². The molecule has 0 aliphatic carbocycles. The molecule has 10 nitrogen and oxygen atoms in total. The van der Waals surface area contributed by atoms with Gasteiger partial charge in [-0.3, -0.25) is 0 Å². The zero-order valence-corrected chi connectivity index (χ0v) is 32.6. The zero-order chi connectivity index (χ0) is 33.3. The molecule has 2 aromatic carbocycles. The third kappa shape index (κ3) is 9.15. The fraction of sp³-hybridized carbons (Fsp3) is 0.414. The number of hydrogen-bond acceptors (Lipinski definition) is 8. The average molecular weight is 763 g/mol. The second kappa shape index (κ2) is 16.1. The number of aromatic nitrogens is 2. The molecule has 17 heteroatoms. The summed E-state index contributed by atoms with van der Waals surface area (Å²) in [5.74, 6) is 0.459. The van der Waals surface area contributed by atoms with Crippen LogP contribution < -0.4 is 43.9 Å². The molecule has 1 aliphatic heterocycles. The van der Waals surface area contributed by atoms with E-state index in [1.165, 1.54) is 0 Å². The smallest absolute Gasteiger partial charge is 0.748 e. The molecule has 0 N–H and O–H groups in total. The van der Waals surface area contributed by atoms with Gasteiger partial charge in [0.25, 0.3) is 5.82 Å². The van der Waals surface area contributed by atoms with Crippen LogP contribution in [0.25, 0.3) is 17.1 Å². The minimum absolute atomic E-state index is 0. The van der Waals surface area contributed by atoms with Gasteiger partial charge in [-0.05, 0) is 56.9 Å². The number of halogens is 4. The maximum absolute atomic E-state index is 11.4. The van der Waals surface area contributed by atoms with Gasteiger partial charge in [0.15, 0.2) is 11.0 Å². The molecular weight excluding hydrogens is 729 g/mol. The summed E-state index contributed by atoms with van der Waals surface area (Å²) >= 11 is 25.6. The van der Waals surface area contributed by atoms with Crippen LogP contribution >= 0.6 is 46.4 Å². The molecule has 0 bridgehead atoms. The van der Waals surface area contributed by atoms with Crippen molar-refractivity contribution in [3.63, 3.8) is 0 Å². The van der Waals surface area contributed by atoms with Gasteiger partial charge in [0.05, 0.1) is 64.8 Å². The van der Waals surface area contributed by atoms with Crippen molar-refractivity contribution in [2.75, 3.05) is 34.4 Å². The molecule has 0 atom stereocenters. The normalized spacial score (nSPS) is 14.8. The van der Waals surface area contributed by atoms with Crippen LogP contribution in [0.15, 0.2) is 41.7 Å². The van der Waals surface area contributed by atoms with Crippen LogP contribution in [0.1, 0.15) is 45.9 Å². The quantitative estimate of drug-likeness (QED) is 0.147. The number of aryl methyl sites for hydroxylation is 2. The molecule has 0 unspecified atom stereocenters. The van der Waals surface area contributed by atoms with Crippen molar-refractivity contribution in [2.45, 2.75) is 53.1 Å². The first kappa shape index (κ1) is 39.4. The standard InChI is InChI=1S/C29H34Cl4N4O6S2.Na/c1-4-19(13-28-34(5-2)24-15-20(30)22(32)17-26(24)36(28)9-7-11-44(38,39)40)14-29-35(6-3)25-16-21(31)23(33)18-27(25)37(29)10-8-12-45(41,42)43;/h13-18H,4-12H2,1-3H3,(H-,38,39,40,41,42,43);/q;+1/p-1. The van der Waals surface area contributed by atoms with Crippen molar-refractivity contribution >= 4 is 95.1 Å². The Labute approximate surface area is 312 Å². The van der Waals surface area contributed by atoms with E-state index in [0.717, 1.165) is 39.6 Å². The first-order chi connectivity index (χ1) is 21.1. The Morgan fingerprint density at radius 3 is 1.89 bits per heavy atom. The Hall–Kier alpha value is -1.03. The molecule has 0 amide bonds. The average Bonchev–Trinajstić information content (AvgIpc) is 3.37. The SMILES string of the molecule is CCC(=Cc1n(CC)c2cc(Cl)c(Cl)cc2[n+]1CCCS(=O)(=O)[O-])C=C1N(CC)c2cc(Cl)c(Cl)cc2N1CCCS(=O)(=O)[O-].[Na+]. The number of nitrogens with zero attached hydrogens (tertiary/aromatic N) is 4. The largest absolute Gasteiger partial charge is 1.00 e. The molecule has 0 fully saturated rings. The van der Waals surface area contributed by atoms with Gasteiger partial charge in [0.2, 0.25) is 0 Å². The summed E-state index contributed by atoms with van der Waals surface area (Å²) in [6, 6.07) is 6.97. The van der Waals surface area contributed by atoms with Crippen LogP contribution in [0.2, 0.25) is 20.1 Å². The Morgan fingerprint density at radius 2 is 1.35 bits per heavy atom. The van der Waals surface area contributed by atoms with Crippen LogP contribution in [0.3, 0.4) is 0 Å². The van der Waals surface area contributed by atoms with E-state index >= 15 is 0 Å². The van der Waals surface area contributed by atoms with Gasteiger partial charge in [0, 0.05) is 42.8 Å². The Morgan fingerprint density at radius 1 is 0.804 bits per heavy atom. The first-order valence-corrected chi connectivity index (χ1v) is 19.0. The van der Waals surface area contributed by atoms with Crippen LogP contribution in [0.4, 0.5) is 11.4 Å². The molecule has 3 aromatic rings. The molecule has 0 radical (unpaired) electrons. The summed E-state index contributed by atoms with van der Waals surface area (Å²) in [6.45, 7) is 7.52. The topological polar surface area (TPSA) is 130 Å². The monoisotopic (exact) mass is 760 g/mol. The van der Waals surface area contributed by atoms with Crippen molar-refractivity contribution in [1.82, 2.24) is 4.57 Å². The summed E-state index contributed by atoms with van der Waals surface area (Å²) in [5.41, 5.74) is 3.93. The van der Waals surface area contributed by atoms with Gasteiger partial charge in [-0.15, -0.1) is 0 Å². The molecule has 0 spiro atoms. The van der Waals surface area contributed by atoms with E-state index in [1.807, 2.05) is 51.9 Å². The first-order valence-electron chi connectivity index (χ1n) is 14.3. The second-order valence-electron chi connectivity index (χ2n) is 10.5. The fourth-order valence-electron chi connectivity index (χ4n) is 5.52. The van der Waals surface area contributed by atoms with Gasteiger partial charge in [-0.1, -0.05) is 53.3 Å². The molecule has 0 saturated heterocycles. The van der Waals surface area contributed by atoms with Crippen molar-refractivity contribution in [1.29, 1.82) is 0 Å². The van der Waals surface area contributed by atoms with Crippen molar-refractivity contribution in [2.24, 2.45) is 0 Å². The molecule has 0 saturated carbocycles. The number of hydrogen-bond donors (Lipinski definition) is 0. The number of fused-ring (bicyclic) bond motifs is 2. The number of benzene rings is 2. The Kier molecular flexibility index (Phi) is 13.8. The van der Waals surface area contributed by atoms with E-state index < -0.39 is 31.7 Å². The van der Waals surface area contributed by atoms with E-state index in [1.54, 1.807) is 24.3 Å². The molecule has 246 valence electrons. The summed E-state index contributed by atoms with van der Waals surface area (Å²) in [5, 5.41) is 1.42. The number of rotatable bonds is 13.